The lowest BCUT2D eigenvalue weighted by Gasteiger charge is -2.32. The molecule has 8 heteroatoms. The van der Waals surface area contributed by atoms with Crippen molar-refractivity contribution in [3.8, 4) is 0 Å². The number of nitrogens with one attached hydrogen (secondary N) is 2. The summed E-state index contributed by atoms with van der Waals surface area (Å²) >= 11 is 3.65. The number of hydrogen-bond acceptors (Lipinski definition) is 3. The van der Waals surface area contributed by atoms with Crippen molar-refractivity contribution < 1.29 is 9.53 Å². The van der Waals surface area contributed by atoms with E-state index >= 15 is 0 Å². The van der Waals surface area contributed by atoms with E-state index in [4.69, 9.17) is 9.73 Å². The predicted octanol–water partition coefficient (Wildman–Crippen LogP) is 4.13. The van der Waals surface area contributed by atoms with E-state index in [1.807, 2.05) is 6.07 Å². The van der Waals surface area contributed by atoms with E-state index in [1.165, 1.54) is 12.7 Å². The van der Waals surface area contributed by atoms with E-state index in [1.54, 1.807) is 4.90 Å². The van der Waals surface area contributed by atoms with Crippen molar-refractivity contribution in [1.82, 2.24) is 15.5 Å². The summed E-state index contributed by atoms with van der Waals surface area (Å²) < 4.78 is 5.91. The van der Waals surface area contributed by atoms with Gasteiger partial charge in [-0.15, -0.1) is 24.0 Å². The second-order valence-electron chi connectivity index (χ2n) is 7.43. The van der Waals surface area contributed by atoms with E-state index < -0.39 is 0 Å². The maximum absolute atomic E-state index is 11.6. The number of methoxy groups -OCH3 is 1. The van der Waals surface area contributed by atoms with Crippen molar-refractivity contribution >= 4 is 52.0 Å². The molecule has 1 saturated heterocycles. The number of aliphatic imine (C=N–C) groups is 1. The lowest BCUT2D eigenvalue weighted by Crippen LogP contribution is -2.50. The first-order valence-corrected chi connectivity index (χ1v) is 10.3. The first kappa shape index (κ1) is 25.0. The Bertz CT molecular complexity index is 661. The highest BCUT2D eigenvalue weighted by atomic mass is 127. The first-order chi connectivity index (χ1) is 12.9. The summed E-state index contributed by atoms with van der Waals surface area (Å²) in [5.41, 5.74) is 1.16. The van der Waals surface area contributed by atoms with Gasteiger partial charge in [0.05, 0.1) is 13.7 Å². The van der Waals surface area contributed by atoms with E-state index in [0.717, 1.165) is 29.8 Å². The Labute approximate surface area is 194 Å². The average molecular weight is 567 g/mol. The molecule has 0 spiro atoms. The summed E-state index contributed by atoms with van der Waals surface area (Å²) in [6.45, 7) is 9.35. The molecular formula is C20H32BrIN4O2. The van der Waals surface area contributed by atoms with E-state index in [0.29, 0.717) is 25.7 Å². The molecule has 1 aromatic carbocycles. The van der Waals surface area contributed by atoms with Gasteiger partial charge < -0.3 is 20.3 Å². The molecule has 1 aliphatic heterocycles. The molecule has 2 N–H and O–H groups in total. The molecular weight excluding hydrogens is 535 g/mol. The third-order valence-electron chi connectivity index (χ3n) is 4.85. The summed E-state index contributed by atoms with van der Waals surface area (Å²) in [5, 5.41) is 6.86. The summed E-state index contributed by atoms with van der Waals surface area (Å²) in [4.78, 5) is 18.2. The smallest absolute Gasteiger partial charge is 0.409 e. The van der Waals surface area contributed by atoms with Gasteiger partial charge in [-0.25, -0.2) is 4.79 Å². The molecule has 28 heavy (non-hydrogen) atoms. The Morgan fingerprint density at radius 2 is 1.96 bits per heavy atom. The fraction of sp³-hybridized carbons (Fsp3) is 0.600. The molecule has 0 atom stereocenters. The van der Waals surface area contributed by atoms with Crippen LogP contribution in [0.1, 0.15) is 39.2 Å². The molecule has 2 rings (SSSR count). The molecule has 1 aliphatic rings. The minimum Gasteiger partial charge on any atom is -0.453 e. The molecule has 0 aromatic heterocycles. The van der Waals surface area contributed by atoms with E-state index in [-0.39, 0.29) is 35.5 Å². The number of guanidine groups is 1. The largest absolute Gasteiger partial charge is 0.453 e. The van der Waals surface area contributed by atoms with Gasteiger partial charge >= 0.3 is 6.09 Å². The quantitative estimate of drug-likeness (QED) is 0.319. The molecule has 1 heterocycles. The first-order valence-electron chi connectivity index (χ1n) is 9.50. The molecule has 1 aromatic rings. The lowest BCUT2D eigenvalue weighted by molar-refractivity contribution is 0.111. The zero-order valence-corrected chi connectivity index (χ0v) is 21.0. The number of carbonyl (C=O) groups is 1. The Morgan fingerprint density at radius 3 is 2.54 bits per heavy atom. The fourth-order valence-electron chi connectivity index (χ4n) is 3.22. The van der Waals surface area contributed by atoms with Crippen molar-refractivity contribution in [3.05, 3.63) is 34.3 Å². The number of hydrogen-bond donors (Lipinski definition) is 2. The second-order valence-corrected chi connectivity index (χ2v) is 8.29. The molecule has 0 unspecified atom stereocenters. The number of likely N-dealkylation sites (tertiary alicyclic amines) is 1. The van der Waals surface area contributed by atoms with Gasteiger partial charge in [0.1, 0.15) is 0 Å². The maximum Gasteiger partial charge on any atom is 0.409 e. The molecule has 0 radical (unpaired) electrons. The normalized spacial score (nSPS) is 15.6. The van der Waals surface area contributed by atoms with Crippen LogP contribution in [-0.4, -0.2) is 56.3 Å². The number of amides is 1. The number of rotatable bonds is 5. The van der Waals surface area contributed by atoms with E-state index in [9.17, 15) is 4.79 Å². The maximum atomic E-state index is 11.6. The third-order valence-corrected chi connectivity index (χ3v) is 5.54. The molecule has 0 bridgehead atoms. The van der Waals surface area contributed by atoms with Crippen molar-refractivity contribution in [2.45, 2.75) is 45.1 Å². The highest BCUT2D eigenvalue weighted by Gasteiger charge is 2.25. The monoisotopic (exact) mass is 566 g/mol. The number of nitrogens with zero attached hydrogens (tertiary/aromatic N) is 2. The minimum atomic E-state index is -0.246. The Morgan fingerprint density at radius 1 is 1.32 bits per heavy atom. The van der Waals surface area contributed by atoms with Crippen LogP contribution in [0.4, 0.5) is 4.79 Å². The fourth-order valence-corrected chi connectivity index (χ4v) is 4.04. The van der Waals surface area contributed by atoms with Crippen molar-refractivity contribution in [3.63, 3.8) is 0 Å². The topological polar surface area (TPSA) is 66.0 Å². The van der Waals surface area contributed by atoms with Crippen molar-refractivity contribution in [1.29, 1.82) is 0 Å². The SMILES string of the molecule is CCNC(=NCC(C)(C)c1ccccc1Br)NC1CCN(C(=O)OC)CC1.I. The van der Waals surface area contributed by atoms with E-state index in [2.05, 4.69) is 65.5 Å². The molecule has 0 aliphatic carbocycles. The predicted molar refractivity (Wildman–Crippen MR) is 129 cm³/mol. The van der Waals surface area contributed by atoms with Crippen LogP contribution in [0.2, 0.25) is 0 Å². The lowest BCUT2D eigenvalue weighted by atomic mass is 9.85. The summed E-state index contributed by atoms with van der Waals surface area (Å²) in [6.07, 6.45) is 1.52. The van der Waals surface area contributed by atoms with Crippen LogP contribution in [0.5, 0.6) is 0 Å². The molecule has 6 nitrogen and oxygen atoms in total. The molecule has 1 amide bonds. The zero-order valence-electron chi connectivity index (χ0n) is 17.1. The van der Waals surface area contributed by atoms with Gasteiger partial charge in [0.25, 0.3) is 0 Å². The van der Waals surface area contributed by atoms with Gasteiger partial charge in [0, 0.05) is 35.6 Å². The van der Waals surface area contributed by atoms with Crippen LogP contribution in [0.3, 0.4) is 0 Å². The van der Waals surface area contributed by atoms with Gasteiger partial charge in [0.2, 0.25) is 0 Å². The number of ether oxygens (including phenoxy) is 1. The number of benzene rings is 1. The van der Waals surface area contributed by atoms with Crippen LogP contribution in [0.25, 0.3) is 0 Å². The van der Waals surface area contributed by atoms with Crippen LogP contribution in [0, 0.1) is 0 Å². The number of carbonyl (C=O) groups excluding carboxylic acids is 1. The van der Waals surface area contributed by atoms with Gasteiger partial charge in [0.15, 0.2) is 5.96 Å². The Hall–Kier alpha value is -1.03. The zero-order chi connectivity index (χ0) is 19.9. The second kappa shape index (κ2) is 11.8. The standard InChI is InChI=1S/C20H31BrN4O2.HI/c1-5-22-18(24-15-10-12-25(13-11-15)19(26)27-4)23-14-20(2,3)16-8-6-7-9-17(16)21;/h6-9,15H,5,10-14H2,1-4H3,(H2,22,23,24);1H. The Balaban J connectivity index is 0.00000392. The van der Waals surface area contributed by atoms with Crippen LogP contribution < -0.4 is 10.6 Å². The molecule has 0 saturated carbocycles. The van der Waals surface area contributed by atoms with Crippen LogP contribution in [0.15, 0.2) is 33.7 Å². The summed E-state index contributed by atoms with van der Waals surface area (Å²) in [7, 11) is 1.43. The third kappa shape index (κ3) is 7.09. The van der Waals surface area contributed by atoms with Crippen LogP contribution in [-0.2, 0) is 10.2 Å². The van der Waals surface area contributed by atoms with Gasteiger partial charge in [-0.05, 0) is 31.4 Å². The average Bonchev–Trinajstić information content (AvgIpc) is 2.66. The minimum absolute atomic E-state index is 0. The Kier molecular flexibility index (Phi) is 10.6. The van der Waals surface area contributed by atoms with Gasteiger partial charge in [-0.2, -0.15) is 0 Å². The van der Waals surface area contributed by atoms with Crippen molar-refractivity contribution in [2.24, 2.45) is 4.99 Å². The number of halogens is 2. The van der Waals surface area contributed by atoms with Crippen molar-refractivity contribution in [2.75, 3.05) is 33.3 Å². The van der Waals surface area contributed by atoms with Crippen LogP contribution >= 0.6 is 39.9 Å². The summed E-state index contributed by atoms with van der Waals surface area (Å²) in [5.74, 6) is 0.828. The molecule has 158 valence electrons. The van der Waals surface area contributed by atoms with Gasteiger partial charge in [-0.3, -0.25) is 4.99 Å². The highest BCUT2D eigenvalue weighted by molar-refractivity contribution is 14.0. The highest BCUT2D eigenvalue weighted by Crippen LogP contribution is 2.30. The number of piperidine rings is 1. The van der Waals surface area contributed by atoms with Gasteiger partial charge in [-0.1, -0.05) is 48.0 Å². The summed E-state index contributed by atoms with van der Waals surface area (Å²) in [6, 6.07) is 8.60. The molecule has 1 fully saturated rings.